The number of aromatic nitrogens is 5. The van der Waals surface area contributed by atoms with Crippen molar-refractivity contribution in [1.82, 2.24) is 29.9 Å². The van der Waals surface area contributed by atoms with E-state index in [0.717, 1.165) is 27.5 Å². The minimum absolute atomic E-state index is 0.163. The number of ether oxygens (including phenoxy) is 1. The third kappa shape index (κ3) is 5.42. The molecule has 10 nitrogen and oxygen atoms in total. The normalized spacial score (nSPS) is 11.9. The van der Waals surface area contributed by atoms with Gasteiger partial charge in [0.1, 0.15) is 11.7 Å². The Bertz CT molecular complexity index is 1900. The van der Waals surface area contributed by atoms with E-state index >= 15 is 0 Å². The number of rotatable bonds is 10. The molecule has 0 fully saturated rings. The number of nitrogens with one attached hydrogen (secondary N) is 2. The van der Waals surface area contributed by atoms with Gasteiger partial charge in [-0.1, -0.05) is 71.9 Å². The average molecular weight is 561 g/mol. The van der Waals surface area contributed by atoms with Crippen LogP contribution in [-0.4, -0.2) is 55.4 Å². The molecule has 42 heavy (non-hydrogen) atoms. The van der Waals surface area contributed by atoms with Gasteiger partial charge in [0, 0.05) is 40.6 Å². The number of aromatic amines is 1. The van der Waals surface area contributed by atoms with Crippen molar-refractivity contribution < 1.29 is 19.1 Å². The zero-order valence-electron chi connectivity index (χ0n) is 22.9. The maximum atomic E-state index is 13.5. The van der Waals surface area contributed by atoms with Gasteiger partial charge in [-0.2, -0.15) is 0 Å². The molecule has 210 valence electrons. The smallest absolute Gasteiger partial charge is 0.328 e. The zero-order chi connectivity index (χ0) is 29.1. The summed E-state index contributed by atoms with van der Waals surface area (Å²) in [5, 5.41) is 12.7. The molecular formula is C32H28N6O4. The quantitative estimate of drug-likeness (QED) is 0.149. The molecule has 10 heteroatoms. The van der Waals surface area contributed by atoms with Gasteiger partial charge in [-0.05, 0) is 23.3 Å². The number of fused-ring (bicyclic) bond motifs is 2. The summed E-state index contributed by atoms with van der Waals surface area (Å²) >= 11 is 0. The zero-order valence-corrected chi connectivity index (χ0v) is 22.9. The monoisotopic (exact) mass is 560 g/mol. The average Bonchev–Trinajstić information content (AvgIpc) is 3.74. The predicted octanol–water partition coefficient (Wildman–Crippen LogP) is 3.89. The topological polar surface area (TPSA) is 124 Å². The van der Waals surface area contributed by atoms with E-state index in [1.54, 1.807) is 23.1 Å². The van der Waals surface area contributed by atoms with E-state index in [2.05, 4.69) is 20.6 Å². The molecule has 2 N–H and O–H groups in total. The fourth-order valence-electron chi connectivity index (χ4n) is 5.19. The second-order valence-electron chi connectivity index (χ2n) is 10.0. The molecule has 6 rings (SSSR count). The lowest BCUT2D eigenvalue weighted by atomic mass is 10.0. The van der Waals surface area contributed by atoms with Gasteiger partial charge < -0.3 is 19.6 Å². The molecule has 3 heterocycles. The van der Waals surface area contributed by atoms with Gasteiger partial charge in [0.05, 0.1) is 32.0 Å². The van der Waals surface area contributed by atoms with E-state index < -0.39 is 23.7 Å². The number of Topliss-reactive ketones (excluding diaryl/α,β-unsaturated/α-hetero) is 1. The molecule has 0 aliphatic carbocycles. The van der Waals surface area contributed by atoms with Crippen LogP contribution in [0.5, 0.6) is 0 Å². The molecule has 0 radical (unpaired) electrons. The molecule has 0 aliphatic rings. The van der Waals surface area contributed by atoms with E-state index in [4.69, 9.17) is 4.74 Å². The lowest BCUT2D eigenvalue weighted by Gasteiger charge is -2.15. The summed E-state index contributed by atoms with van der Waals surface area (Å²) < 4.78 is 8.58. The summed E-state index contributed by atoms with van der Waals surface area (Å²) in [6.07, 6.45) is 5.46. The van der Waals surface area contributed by atoms with Crippen LogP contribution in [0.4, 0.5) is 0 Å². The van der Waals surface area contributed by atoms with Crippen molar-refractivity contribution in [2.45, 2.75) is 25.6 Å². The number of hydrogen-bond donors (Lipinski definition) is 2. The van der Waals surface area contributed by atoms with E-state index in [9.17, 15) is 14.4 Å². The van der Waals surface area contributed by atoms with E-state index in [1.807, 2.05) is 83.6 Å². The Labute approximate surface area is 240 Å². The molecule has 0 bridgehead atoms. The van der Waals surface area contributed by atoms with Crippen LogP contribution in [0.2, 0.25) is 0 Å². The Hall–Kier alpha value is -5.51. The fourth-order valence-corrected chi connectivity index (χ4v) is 5.19. The highest BCUT2D eigenvalue weighted by Gasteiger charge is 2.28. The second-order valence-corrected chi connectivity index (χ2v) is 10.0. The number of methoxy groups -OCH3 is 1. The van der Waals surface area contributed by atoms with Crippen LogP contribution in [-0.2, 0) is 33.8 Å². The number of ketones is 1. The Morgan fingerprint density at radius 3 is 2.45 bits per heavy atom. The summed E-state index contributed by atoms with van der Waals surface area (Å²) in [5.41, 5.74) is 4.55. The molecule has 6 aromatic rings. The van der Waals surface area contributed by atoms with Crippen LogP contribution < -0.4 is 5.32 Å². The SMILES string of the molecule is COC(=O)[C@H](Cc1c[nH]c2ccccc12)NC(=O)C(=O)c1cn(Cc2cn(Cc3ccccc3)nn2)c2ccccc12. The van der Waals surface area contributed by atoms with E-state index in [1.165, 1.54) is 7.11 Å². The number of benzene rings is 3. The van der Waals surface area contributed by atoms with Crippen LogP contribution in [0.25, 0.3) is 21.8 Å². The fraction of sp³-hybridized carbons (Fsp3) is 0.156. The second kappa shape index (κ2) is 11.5. The summed E-state index contributed by atoms with van der Waals surface area (Å²) in [4.78, 5) is 42.5. The number of amides is 1. The van der Waals surface area contributed by atoms with Crippen LogP contribution in [0.15, 0.2) is 97.5 Å². The molecule has 1 amide bonds. The summed E-state index contributed by atoms with van der Waals surface area (Å²) in [6.45, 7) is 0.944. The van der Waals surface area contributed by atoms with Gasteiger partial charge in [-0.3, -0.25) is 9.59 Å². The first-order valence-corrected chi connectivity index (χ1v) is 13.5. The number of para-hydroxylation sites is 2. The Kier molecular flexibility index (Phi) is 7.33. The number of hydrogen-bond acceptors (Lipinski definition) is 6. The van der Waals surface area contributed by atoms with Gasteiger partial charge in [0.2, 0.25) is 0 Å². The number of carbonyl (C=O) groups excluding carboxylic acids is 3. The number of H-pyrrole nitrogens is 1. The summed E-state index contributed by atoms with van der Waals surface area (Å²) in [5.74, 6) is -2.27. The van der Waals surface area contributed by atoms with Crippen LogP contribution in [0.1, 0.15) is 27.2 Å². The number of nitrogens with zero attached hydrogens (tertiary/aromatic N) is 4. The van der Waals surface area contributed by atoms with Crippen molar-refractivity contribution in [3.8, 4) is 0 Å². The van der Waals surface area contributed by atoms with Gasteiger partial charge in [-0.15, -0.1) is 5.10 Å². The highest BCUT2D eigenvalue weighted by atomic mass is 16.5. The number of esters is 1. The standard InChI is InChI=1S/C32H28N6O4/c1-42-32(41)28(15-22-16-33-27-13-7-5-11-24(22)27)34-31(40)30(39)26-20-37(29-14-8-6-12-25(26)29)18-23-19-38(36-35-23)17-21-9-3-2-4-10-21/h2-14,16,19-20,28,33H,15,17-18H2,1H3,(H,34,40)/t28-/m0/s1. The highest BCUT2D eigenvalue weighted by Crippen LogP contribution is 2.24. The van der Waals surface area contributed by atoms with Crippen LogP contribution >= 0.6 is 0 Å². The maximum Gasteiger partial charge on any atom is 0.328 e. The van der Waals surface area contributed by atoms with Crippen molar-refractivity contribution in [3.05, 3.63) is 120 Å². The Balaban J connectivity index is 1.22. The minimum Gasteiger partial charge on any atom is -0.467 e. The van der Waals surface area contributed by atoms with Gasteiger partial charge >= 0.3 is 5.97 Å². The Morgan fingerprint density at radius 1 is 0.905 bits per heavy atom. The first kappa shape index (κ1) is 26.7. The van der Waals surface area contributed by atoms with Crippen molar-refractivity contribution in [1.29, 1.82) is 0 Å². The highest BCUT2D eigenvalue weighted by molar-refractivity contribution is 6.45. The molecular weight excluding hydrogens is 532 g/mol. The van der Waals surface area contributed by atoms with Crippen molar-refractivity contribution in [3.63, 3.8) is 0 Å². The van der Waals surface area contributed by atoms with Crippen molar-refractivity contribution >= 4 is 39.5 Å². The maximum absolute atomic E-state index is 13.5. The molecule has 0 saturated heterocycles. The predicted molar refractivity (Wildman–Crippen MR) is 157 cm³/mol. The van der Waals surface area contributed by atoms with Gasteiger partial charge in [0.15, 0.2) is 0 Å². The molecule has 0 unspecified atom stereocenters. The van der Waals surface area contributed by atoms with Crippen LogP contribution in [0, 0.1) is 0 Å². The van der Waals surface area contributed by atoms with Crippen molar-refractivity contribution in [2.24, 2.45) is 0 Å². The largest absolute Gasteiger partial charge is 0.467 e. The number of carbonyl (C=O) groups is 3. The summed E-state index contributed by atoms with van der Waals surface area (Å²) in [6, 6.07) is 23.9. The first-order chi connectivity index (χ1) is 20.5. The van der Waals surface area contributed by atoms with E-state index in [-0.39, 0.29) is 12.0 Å². The van der Waals surface area contributed by atoms with Gasteiger partial charge in [0.25, 0.3) is 11.7 Å². The summed E-state index contributed by atoms with van der Waals surface area (Å²) in [7, 11) is 1.25. The molecule has 3 aromatic carbocycles. The lowest BCUT2D eigenvalue weighted by molar-refractivity contribution is -0.144. The minimum atomic E-state index is -1.04. The molecule has 0 aliphatic heterocycles. The molecule has 0 saturated carbocycles. The molecule has 3 aromatic heterocycles. The third-order valence-electron chi connectivity index (χ3n) is 7.24. The van der Waals surface area contributed by atoms with Crippen LogP contribution in [0.3, 0.4) is 0 Å². The molecule has 0 spiro atoms. The first-order valence-electron chi connectivity index (χ1n) is 13.5. The Morgan fingerprint density at radius 2 is 1.64 bits per heavy atom. The molecule has 1 atom stereocenters. The van der Waals surface area contributed by atoms with Gasteiger partial charge in [-0.25, -0.2) is 9.48 Å². The lowest BCUT2D eigenvalue weighted by Crippen LogP contribution is -2.45. The third-order valence-corrected chi connectivity index (χ3v) is 7.24. The van der Waals surface area contributed by atoms with E-state index in [0.29, 0.717) is 24.2 Å². The van der Waals surface area contributed by atoms with Crippen molar-refractivity contribution in [2.75, 3.05) is 7.11 Å².